The molecule has 3 aromatic rings. The second-order valence-corrected chi connectivity index (χ2v) is 7.86. The molecule has 7 nitrogen and oxygen atoms in total. The summed E-state index contributed by atoms with van der Waals surface area (Å²) in [4.78, 5) is 24.9. The van der Waals surface area contributed by atoms with E-state index in [1.165, 1.54) is 11.8 Å². The predicted octanol–water partition coefficient (Wildman–Crippen LogP) is 3.95. The van der Waals surface area contributed by atoms with Crippen molar-refractivity contribution < 1.29 is 14.3 Å². The molecule has 3 rings (SSSR count). The monoisotopic (exact) mass is 436 g/mol. The summed E-state index contributed by atoms with van der Waals surface area (Å²) < 4.78 is 6.96. The van der Waals surface area contributed by atoms with E-state index in [0.717, 1.165) is 10.7 Å². The number of benzene rings is 1. The van der Waals surface area contributed by atoms with E-state index in [-0.39, 0.29) is 12.4 Å². The molecule has 0 spiro atoms. The molecule has 0 unspecified atom stereocenters. The highest BCUT2D eigenvalue weighted by Crippen LogP contribution is 2.27. The third kappa shape index (κ3) is 5.34. The van der Waals surface area contributed by atoms with Crippen molar-refractivity contribution in [3.63, 3.8) is 0 Å². The number of aromatic nitrogens is 3. The van der Waals surface area contributed by atoms with E-state index in [9.17, 15) is 9.59 Å². The number of nitrogens with zero attached hydrogens (tertiary/aromatic N) is 3. The minimum Gasteiger partial charge on any atom is -0.455 e. The number of halogens is 1. The molecule has 0 saturated heterocycles. The molecule has 0 aliphatic heterocycles. The molecule has 0 atom stereocenters. The Morgan fingerprint density at radius 2 is 2.14 bits per heavy atom. The van der Waals surface area contributed by atoms with Crippen LogP contribution in [0.3, 0.4) is 0 Å². The quantitative estimate of drug-likeness (QED) is 0.425. The summed E-state index contributed by atoms with van der Waals surface area (Å²) in [5, 5.41) is 14.1. The van der Waals surface area contributed by atoms with Crippen molar-refractivity contribution in [1.82, 2.24) is 14.8 Å². The molecule has 28 heavy (non-hydrogen) atoms. The lowest BCUT2D eigenvalue weighted by atomic mass is 10.3. The Morgan fingerprint density at radius 1 is 1.29 bits per heavy atom. The smallest absolute Gasteiger partial charge is 0.316 e. The number of hydrogen-bond donors (Lipinski definition) is 1. The molecular weight excluding hydrogens is 420 g/mol. The molecule has 0 bridgehead atoms. The van der Waals surface area contributed by atoms with Gasteiger partial charge in [-0.05, 0) is 36.6 Å². The number of ether oxygens (including phenoxy) is 1. The average Bonchev–Trinajstić information content (AvgIpc) is 3.33. The van der Waals surface area contributed by atoms with Crippen LogP contribution in [0.2, 0.25) is 5.02 Å². The van der Waals surface area contributed by atoms with Gasteiger partial charge in [0.1, 0.15) is 0 Å². The van der Waals surface area contributed by atoms with Gasteiger partial charge in [-0.2, -0.15) is 0 Å². The lowest BCUT2D eigenvalue weighted by Crippen LogP contribution is -2.21. The second kappa shape index (κ2) is 9.72. The molecule has 146 valence electrons. The summed E-state index contributed by atoms with van der Waals surface area (Å²) in [6.07, 6.45) is 0. The maximum absolute atomic E-state index is 12.0. The molecule has 1 N–H and O–H groups in total. The maximum Gasteiger partial charge on any atom is 0.316 e. The summed E-state index contributed by atoms with van der Waals surface area (Å²) in [5.74, 6) is -0.131. The van der Waals surface area contributed by atoms with Crippen molar-refractivity contribution in [3.8, 4) is 10.7 Å². The summed E-state index contributed by atoms with van der Waals surface area (Å²) in [5.41, 5.74) is 0.542. The van der Waals surface area contributed by atoms with Gasteiger partial charge in [0.15, 0.2) is 17.6 Å². The zero-order valence-corrected chi connectivity index (χ0v) is 17.3. The number of esters is 1. The molecule has 10 heteroatoms. The molecule has 1 aromatic carbocycles. The number of thiophene rings is 1. The molecule has 0 aliphatic carbocycles. The fourth-order valence-corrected chi connectivity index (χ4v) is 4.05. The SMILES string of the molecule is CCn1c(SCC(=O)OCC(=O)Nc2cccc(Cl)c2)nnc1-c1cccs1. The number of carbonyl (C=O) groups excluding carboxylic acids is 2. The zero-order valence-electron chi connectivity index (χ0n) is 14.9. The standard InChI is InChI=1S/C18H17ClN4O3S2/c1-2-23-17(14-7-4-8-27-14)21-22-18(23)28-11-16(25)26-10-15(24)20-13-6-3-5-12(19)9-13/h3-9H,2,10-11H2,1H3,(H,20,24). The van der Waals surface area contributed by atoms with Gasteiger partial charge in [-0.25, -0.2) is 0 Å². The normalized spacial score (nSPS) is 10.6. The van der Waals surface area contributed by atoms with E-state index < -0.39 is 11.9 Å². The average molecular weight is 437 g/mol. The molecule has 0 fully saturated rings. The van der Waals surface area contributed by atoms with Crippen molar-refractivity contribution in [2.45, 2.75) is 18.6 Å². The van der Waals surface area contributed by atoms with Gasteiger partial charge >= 0.3 is 5.97 Å². The van der Waals surface area contributed by atoms with Crippen molar-refractivity contribution in [2.75, 3.05) is 17.7 Å². The third-order valence-electron chi connectivity index (χ3n) is 3.57. The van der Waals surface area contributed by atoms with Crippen LogP contribution in [-0.2, 0) is 20.9 Å². The molecule has 0 radical (unpaired) electrons. The number of hydrogen-bond acceptors (Lipinski definition) is 7. The van der Waals surface area contributed by atoms with Gasteiger partial charge in [0.25, 0.3) is 5.91 Å². The largest absolute Gasteiger partial charge is 0.455 e. The van der Waals surface area contributed by atoms with E-state index in [4.69, 9.17) is 16.3 Å². The van der Waals surface area contributed by atoms with Crippen LogP contribution in [0.4, 0.5) is 5.69 Å². The third-order valence-corrected chi connectivity index (χ3v) is 5.61. The van der Waals surface area contributed by atoms with Gasteiger partial charge < -0.3 is 14.6 Å². The van der Waals surface area contributed by atoms with E-state index >= 15 is 0 Å². The highest BCUT2D eigenvalue weighted by Gasteiger charge is 2.16. The number of anilines is 1. The first-order valence-electron chi connectivity index (χ1n) is 8.37. The Kier molecular flexibility index (Phi) is 7.07. The summed E-state index contributed by atoms with van der Waals surface area (Å²) >= 11 is 8.67. The van der Waals surface area contributed by atoms with Crippen molar-refractivity contribution in [2.24, 2.45) is 0 Å². The van der Waals surface area contributed by atoms with E-state index in [2.05, 4.69) is 15.5 Å². The molecule has 0 aliphatic rings. The zero-order chi connectivity index (χ0) is 19.9. The van der Waals surface area contributed by atoms with Crippen molar-refractivity contribution >= 4 is 52.3 Å². The molecule has 2 heterocycles. The second-order valence-electron chi connectivity index (χ2n) is 5.54. The minimum absolute atomic E-state index is 0.0347. The van der Waals surface area contributed by atoms with Crippen LogP contribution in [0.25, 0.3) is 10.7 Å². The highest BCUT2D eigenvalue weighted by molar-refractivity contribution is 7.99. The minimum atomic E-state index is -0.505. The van der Waals surface area contributed by atoms with E-state index in [0.29, 0.717) is 22.4 Å². The Labute approximate surface area is 175 Å². The van der Waals surface area contributed by atoms with Gasteiger partial charge in [-0.15, -0.1) is 21.5 Å². The Bertz CT molecular complexity index is 960. The summed E-state index contributed by atoms with van der Waals surface area (Å²) in [6.45, 7) is 2.30. The summed E-state index contributed by atoms with van der Waals surface area (Å²) in [7, 11) is 0. The van der Waals surface area contributed by atoms with Gasteiger partial charge in [0, 0.05) is 17.3 Å². The van der Waals surface area contributed by atoms with Gasteiger partial charge in [0.2, 0.25) is 0 Å². The number of rotatable bonds is 8. The fraction of sp³-hybridized carbons (Fsp3) is 0.222. The first kappa shape index (κ1) is 20.4. The number of nitrogens with one attached hydrogen (secondary N) is 1. The number of carbonyl (C=O) groups is 2. The van der Waals surface area contributed by atoms with Crippen LogP contribution in [-0.4, -0.2) is 39.0 Å². The molecular formula is C18H17ClN4O3S2. The van der Waals surface area contributed by atoms with Crippen molar-refractivity contribution in [3.05, 3.63) is 46.8 Å². The Balaban J connectivity index is 1.49. The first-order valence-corrected chi connectivity index (χ1v) is 10.6. The highest BCUT2D eigenvalue weighted by atomic mass is 35.5. The molecule has 0 saturated carbocycles. The van der Waals surface area contributed by atoms with Crippen LogP contribution < -0.4 is 5.32 Å². The van der Waals surface area contributed by atoms with Gasteiger partial charge in [0.05, 0.1) is 10.6 Å². The van der Waals surface area contributed by atoms with E-state index in [1.807, 2.05) is 29.0 Å². The van der Waals surface area contributed by atoms with E-state index in [1.54, 1.807) is 35.6 Å². The Hall–Kier alpha value is -2.36. The van der Waals surface area contributed by atoms with Gasteiger partial charge in [-0.1, -0.05) is 35.5 Å². The lowest BCUT2D eigenvalue weighted by Gasteiger charge is -2.07. The van der Waals surface area contributed by atoms with Crippen LogP contribution in [0.1, 0.15) is 6.92 Å². The lowest BCUT2D eigenvalue weighted by molar-refractivity contribution is -0.144. The first-order chi connectivity index (χ1) is 13.6. The van der Waals surface area contributed by atoms with Crippen LogP contribution >= 0.6 is 34.7 Å². The number of amides is 1. The van der Waals surface area contributed by atoms with Crippen molar-refractivity contribution in [1.29, 1.82) is 0 Å². The number of thioether (sulfide) groups is 1. The topological polar surface area (TPSA) is 86.1 Å². The fourth-order valence-electron chi connectivity index (χ4n) is 2.34. The van der Waals surface area contributed by atoms with Crippen LogP contribution in [0.5, 0.6) is 0 Å². The molecule has 1 amide bonds. The van der Waals surface area contributed by atoms with Gasteiger partial charge in [-0.3, -0.25) is 9.59 Å². The predicted molar refractivity (Wildman–Crippen MR) is 111 cm³/mol. The maximum atomic E-state index is 12.0. The van der Waals surface area contributed by atoms with Crippen LogP contribution in [0, 0.1) is 0 Å². The summed E-state index contributed by atoms with van der Waals surface area (Å²) in [6, 6.07) is 10.7. The molecule has 2 aromatic heterocycles. The van der Waals surface area contributed by atoms with Crippen LogP contribution in [0.15, 0.2) is 46.9 Å². The Morgan fingerprint density at radius 3 is 2.86 bits per heavy atom.